The summed E-state index contributed by atoms with van der Waals surface area (Å²) < 4.78 is 37.3. The van der Waals surface area contributed by atoms with E-state index in [9.17, 15) is 13.2 Å². The molecule has 0 bridgehead atoms. The molecule has 2 saturated carbocycles. The fourth-order valence-electron chi connectivity index (χ4n) is 4.88. The van der Waals surface area contributed by atoms with Gasteiger partial charge < -0.3 is 25.8 Å². The minimum Gasteiger partial charge on any atom is -0.447 e. The summed E-state index contributed by atoms with van der Waals surface area (Å²) in [5, 5.41) is 6.81. The van der Waals surface area contributed by atoms with Gasteiger partial charge in [-0.05, 0) is 64.5 Å². The average molecular weight is 588 g/mol. The number of ether oxygens (including phenoxy) is 2. The van der Waals surface area contributed by atoms with Gasteiger partial charge in [0.1, 0.15) is 0 Å². The van der Waals surface area contributed by atoms with Gasteiger partial charge in [0.05, 0.1) is 51.1 Å². The number of hydrogen-bond donors (Lipinski definition) is 3. The molecule has 3 fully saturated rings. The smallest absolute Gasteiger partial charge is 0.407 e. The van der Waals surface area contributed by atoms with E-state index in [0.717, 1.165) is 35.6 Å². The number of aromatic nitrogens is 1. The van der Waals surface area contributed by atoms with Gasteiger partial charge in [0.2, 0.25) is 0 Å². The zero-order valence-corrected chi connectivity index (χ0v) is 24.5. The Hall–Kier alpha value is -2.96. The number of nitrogens with one attached hydrogen (secondary N) is 2. The first-order valence-corrected chi connectivity index (χ1v) is 16.2. The van der Waals surface area contributed by atoms with Gasteiger partial charge in [-0.3, -0.25) is 4.99 Å². The van der Waals surface area contributed by atoms with Crippen molar-refractivity contribution in [1.29, 1.82) is 0 Å². The number of carbonyl (C=O) groups is 1. The van der Waals surface area contributed by atoms with Crippen molar-refractivity contribution >= 4 is 39.2 Å². The number of hydrogen-bond acceptors (Lipinski definition) is 10. The lowest BCUT2D eigenvalue weighted by molar-refractivity contribution is 0.0135. The maximum Gasteiger partial charge on any atom is 0.407 e. The van der Waals surface area contributed by atoms with E-state index in [1.807, 2.05) is 26.0 Å². The third kappa shape index (κ3) is 6.84. The number of nitrogens with zero attached hydrogens (tertiary/aromatic N) is 2. The van der Waals surface area contributed by atoms with Crippen LogP contribution >= 0.6 is 11.3 Å². The van der Waals surface area contributed by atoms with Crippen molar-refractivity contribution in [2.75, 3.05) is 18.5 Å². The second kappa shape index (κ2) is 12.3. The third-order valence-corrected chi connectivity index (χ3v) is 10.8. The Kier molecular flexibility index (Phi) is 8.77. The Bertz CT molecular complexity index is 1370. The van der Waals surface area contributed by atoms with E-state index in [-0.39, 0.29) is 35.4 Å². The Morgan fingerprint density at radius 1 is 1.20 bits per heavy atom. The largest absolute Gasteiger partial charge is 0.447 e. The fourth-order valence-corrected chi connectivity index (χ4v) is 7.96. The van der Waals surface area contributed by atoms with Crippen LogP contribution in [0.3, 0.4) is 0 Å². The number of nitrogens with two attached hydrogens (primary N) is 1. The van der Waals surface area contributed by atoms with Crippen molar-refractivity contribution < 1.29 is 22.7 Å². The van der Waals surface area contributed by atoms with Crippen LogP contribution < -0.4 is 16.4 Å². The highest BCUT2D eigenvalue weighted by Crippen LogP contribution is 2.43. The number of carbonyl (C=O) groups excluding carboxylic acids is 1. The minimum atomic E-state index is -3.49. The van der Waals surface area contributed by atoms with Crippen LogP contribution in [0.15, 0.2) is 46.2 Å². The summed E-state index contributed by atoms with van der Waals surface area (Å²) in [5.41, 5.74) is 7.68. The standard InChI is InChI=1S/C28H37N5O5S2/c1-17(2)38-28(34)33-19-5-3-18(4-6-19)27-31-14-25(39-27)24-10-7-20(11-26(24)40(35,36)23-8-9-23)32-21(12-29)13-30-22-15-37-16-22/h7,10-14,17-19,22-23,32H,3-6,8-9,15-16,29H2,1-2H3,(H,33,34). The average Bonchev–Trinajstić information content (AvgIpc) is 3.65. The van der Waals surface area contributed by atoms with Gasteiger partial charge >= 0.3 is 6.09 Å². The van der Waals surface area contributed by atoms with Crippen molar-refractivity contribution in [2.24, 2.45) is 10.7 Å². The summed E-state index contributed by atoms with van der Waals surface area (Å²) in [6, 6.07) is 5.62. The van der Waals surface area contributed by atoms with Gasteiger partial charge in [-0.15, -0.1) is 11.3 Å². The third-order valence-electron chi connectivity index (χ3n) is 7.29. The Morgan fingerprint density at radius 3 is 2.58 bits per heavy atom. The highest BCUT2D eigenvalue weighted by atomic mass is 32.2. The number of benzene rings is 1. The minimum absolute atomic E-state index is 0.0943. The Morgan fingerprint density at radius 2 is 1.95 bits per heavy atom. The van der Waals surface area contributed by atoms with Gasteiger partial charge in [-0.2, -0.15) is 0 Å². The number of sulfone groups is 1. The van der Waals surface area contributed by atoms with Gasteiger partial charge in [-0.1, -0.05) is 6.07 Å². The molecule has 1 aromatic carbocycles. The van der Waals surface area contributed by atoms with Crippen LogP contribution in [0.4, 0.5) is 10.5 Å². The monoisotopic (exact) mass is 587 g/mol. The summed E-state index contributed by atoms with van der Waals surface area (Å²) in [4.78, 5) is 22.2. The van der Waals surface area contributed by atoms with Gasteiger partial charge in [0.15, 0.2) is 9.84 Å². The van der Waals surface area contributed by atoms with Crippen molar-refractivity contribution in [3.8, 4) is 10.4 Å². The van der Waals surface area contributed by atoms with Crippen molar-refractivity contribution in [3.05, 3.63) is 41.3 Å². The molecule has 1 aromatic heterocycles. The molecule has 1 aliphatic heterocycles. The van der Waals surface area contributed by atoms with Crippen LogP contribution in [0, 0.1) is 0 Å². The van der Waals surface area contributed by atoms with Crippen LogP contribution in [0.25, 0.3) is 10.4 Å². The van der Waals surface area contributed by atoms with E-state index in [1.54, 1.807) is 29.8 Å². The summed E-state index contributed by atoms with van der Waals surface area (Å²) in [6.45, 7) is 4.85. The molecule has 2 aromatic rings. The molecule has 2 aliphatic carbocycles. The van der Waals surface area contributed by atoms with Crippen LogP contribution in [0.5, 0.6) is 0 Å². The summed E-state index contributed by atoms with van der Waals surface area (Å²) in [5.74, 6) is 0.278. The lowest BCUT2D eigenvalue weighted by Gasteiger charge is -2.28. The SMILES string of the molecule is CC(C)OC(=O)NC1CCC(c2ncc(-c3ccc(NC(C=NC4COC4)=CN)cc3S(=O)(=O)C3CC3)s2)CC1. The Labute approximate surface area is 239 Å². The van der Waals surface area contributed by atoms with Crippen LogP contribution in [0.2, 0.25) is 0 Å². The number of aliphatic imine (C=N–C) groups is 1. The lowest BCUT2D eigenvalue weighted by atomic mass is 9.86. The van der Waals surface area contributed by atoms with Crippen molar-refractivity contribution in [3.63, 3.8) is 0 Å². The summed E-state index contributed by atoms with van der Waals surface area (Å²) in [6.07, 6.45) is 9.20. The highest BCUT2D eigenvalue weighted by molar-refractivity contribution is 7.92. The molecule has 1 saturated heterocycles. The molecule has 10 nitrogen and oxygen atoms in total. The molecule has 4 N–H and O–H groups in total. The second-order valence-electron chi connectivity index (χ2n) is 10.9. The van der Waals surface area contributed by atoms with E-state index < -0.39 is 9.84 Å². The number of thiazole rings is 1. The number of amides is 1. The van der Waals surface area contributed by atoms with E-state index >= 15 is 0 Å². The number of allylic oxidation sites excluding steroid dienone is 1. The summed E-state index contributed by atoms with van der Waals surface area (Å²) in [7, 11) is -3.49. The molecule has 2 heterocycles. The normalized spacial score (nSPS) is 22.3. The molecule has 5 rings (SSSR count). The topological polar surface area (TPSA) is 145 Å². The molecule has 0 unspecified atom stereocenters. The molecular weight excluding hydrogens is 550 g/mol. The Balaban J connectivity index is 1.31. The predicted octanol–water partition coefficient (Wildman–Crippen LogP) is 4.59. The molecule has 1 amide bonds. The lowest BCUT2D eigenvalue weighted by Crippen LogP contribution is -2.38. The van der Waals surface area contributed by atoms with Crippen molar-refractivity contribution in [1.82, 2.24) is 10.3 Å². The quantitative estimate of drug-likeness (QED) is 0.342. The second-order valence-corrected chi connectivity index (χ2v) is 14.1. The highest BCUT2D eigenvalue weighted by Gasteiger charge is 2.39. The predicted molar refractivity (Wildman–Crippen MR) is 156 cm³/mol. The molecular formula is C28H37N5O5S2. The van der Waals surface area contributed by atoms with Crippen LogP contribution in [-0.4, -0.2) is 62.4 Å². The van der Waals surface area contributed by atoms with E-state index in [0.29, 0.717) is 47.9 Å². The van der Waals surface area contributed by atoms with Crippen LogP contribution in [0.1, 0.15) is 63.3 Å². The van der Waals surface area contributed by atoms with Crippen LogP contribution in [-0.2, 0) is 19.3 Å². The first-order valence-electron chi connectivity index (χ1n) is 13.8. The van der Waals surface area contributed by atoms with Crippen molar-refractivity contribution in [2.45, 2.75) is 86.6 Å². The first kappa shape index (κ1) is 28.6. The maximum absolute atomic E-state index is 13.5. The molecule has 216 valence electrons. The number of alkyl carbamates (subject to hydrolysis) is 1. The molecule has 0 spiro atoms. The van der Waals surface area contributed by atoms with Gasteiger partial charge in [-0.25, -0.2) is 18.2 Å². The molecule has 12 heteroatoms. The molecule has 0 radical (unpaired) electrons. The molecule has 0 atom stereocenters. The molecule has 3 aliphatic rings. The van der Waals surface area contributed by atoms with E-state index in [1.165, 1.54) is 6.20 Å². The number of rotatable bonds is 10. The fraction of sp³-hybridized carbons (Fsp3) is 0.536. The maximum atomic E-state index is 13.5. The van der Waals surface area contributed by atoms with E-state index in [2.05, 4.69) is 15.6 Å². The van der Waals surface area contributed by atoms with Gasteiger partial charge in [0.25, 0.3) is 0 Å². The molecule has 40 heavy (non-hydrogen) atoms. The number of anilines is 1. The zero-order valence-electron chi connectivity index (χ0n) is 22.8. The summed E-state index contributed by atoms with van der Waals surface area (Å²) >= 11 is 1.55. The van der Waals surface area contributed by atoms with E-state index in [4.69, 9.17) is 20.2 Å². The van der Waals surface area contributed by atoms with Gasteiger partial charge in [0, 0.05) is 41.8 Å². The zero-order chi connectivity index (χ0) is 28.3. The first-order chi connectivity index (χ1) is 19.2.